The SMILES string of the molecule is CCCc1cc(N2CCNCC2)cc2[nH]c(=O)ccc12. The maximum atomic E-state index is 11.6. The van der Waals surface area contributed by atoms with Gasteiger partial charge in [-0.25, -0.2) is 0 Å². The Hall–Kier alpha value is -1.81. The van der Waals surface area contributed by atoms with Gasteiger partial charge in [0.2, 0.25) is 5.56 Å². The lowest BCUT2D eigenvalue weighted by atomic mass is 10.0. The molecule has 1 aromatic carbocycles. The molecule has 2 N–H and O–H groups in total. The molecule has 0 spiro atoms. The van der Waals surface area contributed by atoms with Gasteiger partial charge in [-0.15, -0.1) is 0 Å². The first-order valence-corrected chi connectivity index (χ1v) is 7.39. The monoisotopic (exact) mass is 271 g/mol. The van der Waals surface area contributed by atoms with Gasteiger partial charge in [-0.05, 0) is 30.2 Å². The Balaban J connectivity index is 2.10. The fourth-order valence-electron chi connectivity index (χ4n) is 2.91. The van der Waals surface area contributed by atoms with Crippen molar-refractivity contribution in [2.75, 3.05) is 31.1 Å². The quantitative estimate of drug-likeness (QED) is 0.896. The van der Waals surface area contributed by atoms with Gasteiger partial charge in [-0.1, -0.05) is 13.3 Å². The van der Waals surface area contributed by atoms with E-state index in [0.29, 0.717) is 0 Å². The van der Waals surface area contributed by atoms with Crippen molar-refractivity contribution in [1.29, 1.82) is 0 Å². The van der Waals surface area contributed by atoms with Crippen molar-refractivity contribution in [2.45, 2.75) is 19.8 Å². The van der Waals surface area contributed by atoms with Gasteiger partial charge in [-0.3, -0.25) is 4.79 Å². The van der Waals surface area contributed by atoms with Crippen LogP contribution in [0.25, 0.3) is 10.9 Å². The molecule has 0 aliphatic carbocycles. The third kappa shape index (κ3) is 2.56. The molecule has 0 bridgehead atoms. The highest BCUT2D eigenvalue weighted by molar-refractivity contribution is 5.86. The first-order chi connectivity index (χ1) is 9.78. The topological polar surface area (TPSA) is 48.1 Å². The smallest absolute Gasteiger partial charge is 0.248 e. The molecule has 1 saturated heterocycles. The Labute approximate surface area is 118 Å². The Morgan fingerprint density at radius 2 is 2.00 bits per heavy atom. The van der Waals surface area contributed by atoms with Crippen LogP contribution in [0.1, 0.15) is 18.9 Å². The number of aromatic nitrogens is 1. The largest absolute Gasteiger partial charge is 0.369 e. The number of piperazine rings is 1. The van der Waals surface area contributed by atoms with Gasteiger partial charge in [0.1, 0.15) is 0 Å². The number of H-pyrrole nitrogens is 1. The van der Waals surface area contributed by atoms with E-state index in [2.05, 4.69) is 34.3 Å². The highest BCUT2D eigenvalue weighted by Crippen LogP contribution is 2.25. The lowest BCUT2D eigenvalue weighted by Gasteiger charge is -2.30. The van der Waals surface area contributed by atoms with Gasteiger partial charge < -0.3 is 15.2 Å². The molecule has 0 radical (unpaired) electrons. The average Bonchev–Trinajstić information content (AvgIpc) is 2.48. The van der Waals surface area contributed by atoms with E-state index in [1.54, 1.807) is 6.07 Å². The van der Waals surface area contributed by atoms with Gasteiger partial charge in [-0.2, -0.15) is 0 Å². The molecular weight excluding hydrogens is 250 g/mol. The Bertz CT molecular complexity index is 656. The Morgan fingerprint density at radius 3 is 2.75 bits per heavy atom. The van der Waals surface area contributed by atoms with Crippen LogP contribution >= 0.6 is 0 Å². The summed E-state index contributed by atoms with van der Waals surface area (Å²) in [6, 6.07) is 7.96. The minimum atomic E-state index is -0.0302. The van der Waals surface area contributed by atoms with E-state index < -0.39 is 0 Å². The summed E-state index contributed by atoms with van der Waals surface area (Å²) in [4.78, 5) is 16.9. The predicted octanol–water partition coefficient (Wildman–Crippen LogP) is 1.89. The highest BCUT2D eigenvalue weighted by Gasteiger charge is 2.13. The molecule has 20 heavy (non-hydrogen) atoms. The number of hydrogen-bond acceptors (Lipinski definition) is 3. The van der Waals surface area contributed by atoms with Crippen molar-refractivity contribution >= 4 is 16.6 Å². The number of benzene rings is 1. The van der Waals surface area contributed by atoms with Crippen LogP contribution in [-0.4, -0.2) is 31.2 Å². The van der Waals surface area contributed by atoms with E-state index in [-0.39, 0.29) is 5.56 Å². The number of pyridine rings is 1. The summed E-state index contributed by atoms with van der Waals surface area (Å²) < 4.78 is 0. The maximum Gasteiger partial charge on any atom is 0.248 e. The van der Waals surface area contributed by atoms with E-state index in [4.69, 9.17) is 0 Å². The number of aryl methyl sites for hydroxylation is 1. The van der Waals surface area contributed by atoms with Crippen LogP contribution < -0.4 is 15.8 Å². The average molecular weight is 271 g/mol. The zero-order chi connectivity index (χ0) is 13.9. The molecule has 1 aliphatic rings. The van der Waals surface area contributed by atoms with Crippen LogP contribution in [0, 0.1) is 0 Å². The first kappa shape index (κ1) is 13.2. The van der Waals surface area contributed by atoms with E-state index >= 15 is 0 Å². The Morgan fingerprint density at radius 1 is 1.20 bits per heavy atom. The lowest BCUT2D eigenvalue weighted by molar-refractivity contribution is 0.589. The van der Waals surface area contributed by atoms with Crippen molar-refractivity contribution in [1.82, 2.24) is 10.3 Å². The molecule has 1 aliphatic heterocycles. The van der Waals surface area contributed by atoms with E-state index in [1.165, 1.54) is 16.6 Å². The van der Waals surface area contributed by atoms with Crippen molar-refractivity contribution in [3.63, 3.8) is 0 Å². The van der Waals surface area contributed by atoms with E-state index in [0.717, 1.165) is 44.5 Å². The normalized spacial score (nSPS) is 15.8. The second kappa shape index (κ2) is 5.67. The number of anilines is 1. The van der Waals surface area contributed by atoms with Crippen LogP contribution in [0.5, 0.6) is 0 Å². The minimum Gasteiger partial charge on any atom is -0.369 e. The molecular formula is C16H21N3O. The second-order valence-corrected chi connectivity index (χ2v) is 5.38. The zero-order valence-electron chi connectivity index (χ0n) is 11.9. The Kier molecular flexibility index (Phi) is 3.74. The van der Waals surface area contributed by atoms with Gasteiger partial charge in [0.15, 0.2) is 0 Å². The summed E-state index contributed by atoms with van der Waals surface area (Å²) in [6.07, 6.45) is 2.15. The number of nitrogens with one attached hydrogen (secondary N) is 2. The molecule has 106 valence electrons. The molecule has 0 saturated carbocycles. The summed E-state index contributed by atoms with van der Waals surface area (Å²) in [5.74, 6) is 0. The van der Waals surface area contributed by atoms with E-state index in [1.807, 2.05) is 6.07 Å². The molecule has 4 heteroatoms. The number of hydrogen-bond donors (Lipinski definition) is 2. The van der Waals surface area contributed by atoms with Crippen molar-refractivity contribution in [2.24, 2.45) is 0 Å². The first-order valence-electron chi connectivity index (χ1n) is 7.39. The van der Waals surface area contributed by atoms with Crippen LogP contribution in [0.4, 0.5) is 5.69 Å². The summed E-state index contributed by atoms with van der Waals surface area (Å²) >= 11 is 0. The van der Waals surface area contributed by atoms with Crippen LogP contribution in [-0.2, 0) is 6.42 Å². The fraction of sp³-hybridized carbons (Fsp3) is 0.438. The molecule has 1 fully saturated rings. The molecule has 0 unspecified atom stereocenters. The molecule has 1 aromatic heterocycles. The maximum absolute atomic E-state index is 11.6. The molecule has 3 rings (SSSR count). The van der Waals surface area contributed by atoms with Gasteiger partial charge in [0, 0.05) is 43.3 Å². The second-order valence-electron chi connectivity index (χ2n) is 5.38. The highest BCUT2D eigenvalue weighted by atomic mass is 16.1. The van der Waals surface area contributed by atoms with Crippen LogP contribution in [0.2, 0.25) is 0 Å². The number of nitrogens with zero attached hydrogens (tertiary/aromatic N) is 1. The third-order valence-corrected chi connectivity index (χ3v) is 3.91. The molecule has 2 heterocycles. The van der Waals surface area contributed by atoms with Crippen LogP contribution in [0.15, 0.2) is 29.1 Å². The third-order valence-electron chi connectivity index (χ3n) is 3.91. The van der Waals surface area contributed by atoms with Crippen LogP contribution in [0.3, 0.4) is 0 Å². The van der Waals surface area contributed by atoms with Gasteiger partial charge in [0.05, 0.1) is 5.52 Å². The molecule has 4 nitrogen and oxygen atoms in total. The summed E-state index contributed by atoms with van der Waals surface area (Å²) in [5, 5.41) is 4.54. The van der Waals surface area contributed by atoms with E-state index in [9.17, 15) is 4.79 Å². The summed E-state index contributed by atoms with van der Waals surface area (Å²) in [5.41, 5.74) is 3.48. The number of fused-ring (bicyclic) bond motifs is 1. The lowest BCUT2D eigenvalue weighted by Crippen LogP contribution is -2.43. The number of rotatable bonds is 3. The van der Waals surface area contributed by atoms with Crippen molar-refractivity contribution in [3.8, 4) is 0 Å². The minimum absolute atomic E-state index is 0.0302. The molecule has 2 aromatic rings. The molecule has 0 amide bonds. The van der Waals surface area contributed by atoms with Crippen molar-refractivity contribution < 1.29 is 0 Å². The fourth-order valence-corrected chi connectivity index (χ4v) is 2.91. The molecule has 0 atom stereocenters. The van der Waals surface area contributed by atoms with Crippen molar-refractivity contribution in [3.05, 3.63) is 40.2 Å². The summed E-state index contributed by atoms with van der Waals surface area (Å²) in [7, 11) is 0. The van der Waals surface area contributed by atoms with Gasteiger partial charge >= 0.3 is 0 Å². The predicted molar refractivity (Wildman–Crippen MR) is 83.6 cm³/mol. The zero-order valence-corrected chi connectivity index (χ0v) is 11.9. The number of aromatic amines is 1. The standard InChI is InChI=1S/C16H21N3O/c1-2-3-12-10-13(19-8-6-17-7-9-19)11-15-14(12)4-5-16(20)18-15/h4-5,10-11,17H,2-3,6-9H2,1H3,(H,18,20). The van der Waals surface area contributed by atoms with Gasteiger partial charge in [0.25, 0.3) is 0 Å². The summed E-state index contributed by atoms with van der Waals surface area (Å²) in [6.45, 7) is 6.27.